The smallest absolute Gasteiger partial charge is 0.275 e. The zero-order chi connectivity index (χ0) is 24.1. The van der Waals surface area contributed by atoms with Gasteiger partial charge < -0.3 is 9.47 Å². The molecular weight excluding hydrogens is 661 g/mol. The van der Waals surface area contributed by atoms with Crippen LogP contribution in [-0.2, 0) is 6.61 Å². The van der Waals surface area contributed by atoms with Gasteiger partial charge in [-0.05, 0) is 91.8 Å². The maximum atomic E-state index is 13.9. The summed E-state index contributed by atoms with van der Waals surface area (Å²) >= 11 is 4.33. The number of rotatable bonds is 7. The fourth-order valence-corrected chi connectivity index (χ4v) is 5.48. The summed E-state index contributed by atoms with van der Waals surface area (Å²) in [6, 6.07) is 21.7. The highest BCUT2D eigenvalue weighted by atomic mass is 127. The van der Waals surface area contributed by atoms with E-state index in [1.807, 2.05) is 42.5 Å². The molecule has 8 heteroatoms. The van der Waals surface area contributed by atoms with Crippen LogP contribution >= 0.6 is 45.2 Å². The summed E-state index contributed by atoms with van der Waals surface area (Å²) < 4.78 is 26.8. The number of hydrogen-bond donors (Lipinski definition) is 1. The third-order valence-corrected chi connectivity index (χ3v) is 6.65. The number of benzene rings is 4. The maximum Gasteiger partial charge on any atom is 0.275 e. The van der Waals surface area contributed by atoms with Crippen LogP contribution in [-0.4, -0.2) is 19.2 Å². The number of amides is 1. The van der Waals surface area contributed by atoms with Gasteiger partial charge in [-0.25, -0.2) is 9.82 Å². The van der Waals surface area contributed by atoms with Gasteiger partial charge in [0.2, 0.25) is 0 Å². The second-order valence-electron chi connectivity index (χ2n) is 7.29. The zero-order valence-corrected chi connectivity index (χ0v) is 22.3. The van der Waals surface area contributed by atoms with Crippen molar-refractivity contribution in [3.63, 3.8) is 0 Å². The molecule has 172 valence electrons. The molecule has 0 saturated heterocycles. The third-order valence-electron chi connectivity index (χ3n) is 5.04. The average molecular weight is 680 g/mol. The summed E-state index contributed by atoms with van der Waals surface area (Å²) in [4.78, 5) is 12.7. The van der Waals surface area contributed by atoms with E-state index in [-0.39, 0.29) is 18.3 Å². The Morgan fingerprint density at radius 1 is 1.00 bits per heavy atom. The van der Waals surface area contributed by atoms with Crippen LogP contribution < -0.4 is 14.9 Å². The predicted octanol–water partition coefficient (Wildman–Crippen LogP) is 6.54. The van der Waals surface area contributed by atoms with Crippen LogP contribution in [0.2, 0.25) is 0 Å². The predicted molar refractivity (Wildman–Crippen MR) is 148 cm³/mol. The van der Waals surface area contributed by atoms with Crippen molar-refractivity contribution in [3.8, 4) is 11.5 Å². The molecule has 1 N–H and O–H groups in total. The number of nitrogens with zero attached hydrogens (tertiary/aromatic N) is 1. The first-order valence-corrected chi connectivity index (χ1v) is 12.4. The van der Waals surface area contributed by atoms with E-state index in [1.54, 1.807) is 30.5 Å². The number of carbonyl (C=O) groups is 1. The van der Waals surface area contributed by atoms with E-state index in [9.17, 15) is 9.18 Å². The molecule has 0 fully saturated rings. The molecule has 0 aromatic heterocycles. The molecular formula is C26H19FI2N2O3. The largest absolute Gasteiger partial charge is 0.496 e. The Morgan fingerprint density at radius 3 is 2.32 bits per heavy atom. The molecule has 0 heterocycles. The van der Waals surface area contributed by atoms with Gasteiger partial charge in [-0.3, -0.25) is 4.79 Å². The summed E-state index contributed by atoms with van der Waals surface area (Å²) in [5.41, 5.74) is 4.25. The van der Waals surface area contributed by atoms with Crippen molar-refractivity contribution in [2.75, 3.05) is 7.11 Å². The summed E-state index contributed by atoms with van der Waals surface area (Å²) in [5, 5.41) is 6.04. The highest BCUT2D eigenvalue weighted by Crippen LogP contribution is 2.30. The molecule has 0 atom stereocenters. The van der Waals surface area contributed by atoms with Gasteiger partial charge in [0.15, 0.2) is 0 Å². The topological polar surface area (TPSA) is 59.9 Å². The van der Waals surface area contributed by atoms with Crippen molar-refractivity contribution in [2.24, 2.45) is 5.10 Å². The van der Waals surface area contributed by atoms with Crippen molar-refractivity contribution in [1.82, 2.24) is 5.43 Å². The molecule has 4 aromatic rings. The number of methoxy groups -OCH3 is 1. The van der Waals surface area contributed by atoms with Gasteiger partial charge in [-0.1, -0.05) is 42.5 Å². The van der Waals surface area contributed by atoms with Crippen molar-refractivity contribution >= 4 is 68.1 Å². The number of halogens is 3. The first-order chi connectivity index (χ1) is 16.5. The normalized spacial score (nSPS) is 11.1. The maximum absolute atomic E-state index is 13.9. The number of nitrogens with one attached hydrogen (secondary N) is 1. The van der Waals surface area contributed by atoms with Crippen LogP contribution in [0.4, 0.5) is 4.39 Å². The molecule has 0 spiro atoms. The van der Waals surface area contributed by atoms with Gasteiger partial charge in [-0.2, -0.15) is 5.10 Å². The van der Waals surface area contributed by atoms with Gasteiger partial charge in [0.1, 0.15) is 23.9 Å². The standard InChI is InChI=1S/C26H19FI2N2O3/c1-33-24-13-18-7-3-2-6-17(18)12-20(24)26(32)31-30-14-16-10-22(28)25(23(29)11-16)34-15-19-8-4-5-9-21(19)27/h2-14H,15H2,1H3,(H,31,32)/b30-14-. The van der Waals surface area contributed by atoms with E-state index in [1.165, 1.54) is 13.2 Å². The lowest BCUT2D eigenvalue weighted by Gasteiger charge is -2.12. The Kier molecular flexibility index (Phi) is 7.99. The van der Waals surface area contributed by atoms with E-state index < -0.39 is 0 Å². The molecule has 4 rings (SSSR count). The minimum absolute atomic E-state index is 0.135. The Labute approximate surface area is 223 Å². The lowest BCUT2D eigenvalue weighted by Crippen LogP contribution is -2.18. The van der Waals surface area contributed by atoms with Crippen LogP contribution in [0.15, 0.2) is 77.9 Å². The molecule has 34 heavy (non-hydrogen) atoms. The first kappa shape index (κ1) is 24.4. The van der Waals surface area contributed by atoms with Crippen molar-refractivity contribution in [1.29, 1.82) is 0 Å². The number of hydrazone groups is 1. The van der Waals surface area contributed by atoms with Gasteiger partial charge in [-0.15, -0.1) is 0 Å². The first-order valence-electron chi connectivity index (χ1n) is 10.2. The quantitative estimate of drug-likeness (QED) is 0.137. The Hall–Kier alpha value is -2.73. The van der Waals surface area contributed by atoms with Gasteiger partial charge in [0, 0.05) is 5.56 Å². The fraction of sp³-hybridized carbons (Fsp3) is 0.0769. The molecule has 0 aliphatic carbocycles. The molecule has 0 radical (unpaired) electrons. The number of hydrogen-bond acceptors (Lipinski definition) is 4. The second-order valence-corrected chi connectivity index (χ2v) is 9.62. The van der Waals surface area contributed by atoms with Crippen LogP contribution in [0.25, 0.3) is 10.8 Å². The average Bonchev–Trinajstić information content (AvgIpc) is 2.83. The fourth-order valence-electron chi connectivity index (χ4n) is 3.35. The van der Waals surface area contributed by atoms with Crippen molar-refractivity contribution < 1.29 is 18.7 Å². The van der Waals surface area contributed by atoms with E-state index >= 15 is 0 Å². The molecule has 0 bridgehead atoms. The van der Waals surface area contributed by atoms with Crippen molar-refractivity contribution in [3.05, 3.63) is 102 Å². The summed E-state index contributed by atoms with van der Waals surface area (Å²) in [6.07, 6.45) is 1.57. The van der Waals surface area contributed by atoms with Crippen LogP contribution in [0, 0.1) is 13.0 Å². The lowest BCUT2D eigenvalue weighted by atomic mass is 10.1. The second kappa shape index (κ2) is 11.1. The summed E-state index contributed by atoms with van der Waals surface area (Å²) in [7, 11) is 1.53. The minimum atomic E-state index is -0.368. The van der Waals surface area contributed by atoms with E-state index in [0.717, 1.165) is 23.5 Å². The summed E-state index contributed by atoms with van der Waals surface area (Å²) in [5.74, 6) is 0.488. The molecule has 1 amide bonds. The van der Waals surface area contributed by atoms with Crippen molar-refractivity contribution in [2.45, 2.75) is 6.61 Å². The monoisotopic (exact) mass is 680 g/mol. The number of ether oxygens (including phenoxy) is 2. The molecule has 0 unspecified atom stereocenters. The third kappa shape index (κ3) is 5.66. The van der Waals surface area contributed by atoms with Crippen LogP contribution in [0.1, 0.15) is 21.5 Å². The molecule has 5 nitrogen and oxygen atoms in total. The SMILES string of the molecule is COc1cc2ccccc2cc1C(=O)N/N=C\c1cc(I)c(OCc2ccccc2F)c(I)c1. The summed E-state index contributed by atoms with van der Waals surface area (Å²) in [6.45, 7) is 0.135. The Balaban J connectivity index is 1.46. The van der Waals surface area contributed by atoms with Gasteiger partial charge in [0.05, 0.1) is 26.0 Å². The van der Waals surface area contributed by atoms with E-state index in [0.29, 0.717) is 22.6 Å². The Morgan fingerprint density at radius 2 is 1.65 bits per heavy atom. The van der Waals surface area contributed by atoms with Crippen LogP contribution in [0.5, 0.6) is 11.5 Å². The Bertz CT molecular complexity index is 1370. The lowest BCUT2D eigenvalue weighted by molar-refractivity contribution is 0.0952. The molecule has 0 saturated carbocycles. The number of fused-ring (bicyclic) bond motifs is 1. The number of carbonyl (C=O) groups excluding carboxylic acids is 1. The molecule has 0 aliphatic heterocycles. The van der Waals surface area contributed by atoms with Gasteiger partial charge >= 0.3 is 0 Å². The molecule has 4 aromatic carbocycles. The van der Waals surface area contributed by atoms with Gasteiger partial charge in [0.25, 0.3) is 5.91 Å². The van der Waals surface area contributed by atoms with E-state index in [4.69, 9.17) is 9.47 Å². The zero-order valence-electron chi connectivity index (χ0n) is 18.0. The van der Waals surface area contributed by atoms with E-state index in [2.05, 4.69) is 55.7 Å². The minimum Gasteiger partial charge on any atom is -0.496 e. The van der Waals surface area contributed by atoms with Crippen LogP contribution in [0.3, 0.4) is 0 Å². The highest BCUT2D eigenvalue weighted by Gasteiger charge is 2.14. The molecule has 0 aliphatic rings. The highest BCUT2D eigenvalue weighted by molar-refractivity contribution is 14.1.